The van der Waals surface area contributed by atoms with Crippen LogP contribution in [0.4, 0.5) is 0 Å². The summed E-state index contributed by atoms with van der Waals surface area (Å²) in [5, 5.41) is 3.63. The van der Waals surface area contributed by atoms with Gasteiger partial charge in [-0.15, -0.1) is 0 Å². The normalized spacial score (nSPS) is 11.9. The second-order valence-electron chi connectivity index (χ2n) is 2.71. The molecular weight excluding hydrogens is 214 g/mol. The van der Waals surface area contributed by atoms with Crippen molar-refractivity contribution in [3.63, 3.8) is 0 Å². The third-order valence-electron chi connectivity index (χ3n) is 1.75. The van der Waals surface area contributed by atoms with Crippen LogP contribution in [0.3, 0.4) is 0 Å². The molecule has 1 aromatic rings. The molecule has 0 bridgehead atoms. The molecule has 1 aromatic heterocycles. The van der Waals surface area contributed by atoms with Gasteiger partial charge >= 0.3 is 0 Å². The average molecular weight is 224 g/mol. The second-order valence-corrected chi connectivity index (χ2v) is 5.49. The van der Waals surface area contributed by atoms with Crippen molar-refractivity contribution < 1.29 is 12.9 Å². The van der Waals surface area contributed by atoms with E-state index in [2.05, 4.69) is 5.16 Å². The molecule has 0 N–H and O–H groups in total. The zero-order chi connectivity index (χ0) is 10.1. The quantitative estimate of drug-likeness (QED) is 0.731. The van der Waals surface area contributed by atoms with E-state index in [9.17, 15) is 8.42 Å². The lowest BCUT2D eigenvalue weighted by molar-refractivity contribution is 0.381. The van der Waals surface area contributed by atoms with Crippen LogP contribution in [-0.4, -0.2) is 13.6 Å². The Morgan fingerprint density at radius 2 is 2.15 bits per heavy atom. The number of rotatable bonds is 3. The van der Waals surface area contributed by atoms with Crippen molar-refractivity contribution in [3.8, 4) is 0 Å². The number of aryl methyl sites for hydroxylation is 1. The molecule has 0 aliphatic heterocycles. The minimum Gasteiger partial charge on any atom is -0.361 e. The van der Waals surface area contributed by atoms with Crippen molar-refractivity contribution in [2.75, 3.05) is 0 Å². The van der Waals surface area contributed by atoms with Gasteiger partial charge in [-0.3, -0.25) is 0 Å². The molecule has 0 aliphatic rings. The molecule has 0 saturated heterocycles. The van der Waals surface area contributed by atoms with E-state index >= 15 is 0 Å². The molecular formula is C7H10ClNO3S. The van der Waals surface area contributed by atoms with Gasteiger partial charge in [-0.2, -0.15) is 0 Å². The van der Waals surface area contributed by atoms with Gasteiger partial charge in [0.05, 0.1) is 0 Å². The lowest BCUT2D eigenvalue weighted by atomic mass is 10.2. The predicted octanol–water partition coefficient (Wildman–Crippen LogP) is 1.61. The van der Waals surface area contributed by atoms with Crippen LogP contribution < -0.4 is 0 Å². The highest BCUT2D eigenvalue weighted by molar-refractivity contribution is 8.13. The van der Waals surface area contributed by atoms with Gasteiger partial charge in [0, 0.05) is 22.7 Å². The minimum absolute atomic E-state index is 0.274. The highest BCUT2D eigenvalue weighted by Gasteiger charge is 2.16. The first-order chi connectivity index (χ1) is 5.94. The molecule has 0 amide bonds. The standard InChI is InChI=1S/C7H10ClNO3S/c1-3-7-5(2)6(9-12-7)4-13(8,10)11/h3-4H2,1-2H3. The molecule has 6 heteroatoms. The van der Waals surface area contributed by atoms with Gasteiger partial charge in [0.15, 0.2) is 0 Å². The molecule has 4 nitrogen and oxygen atoms in total. The van der Waals surface area contributed by atoms with Crippen LogP contribution >= 0.6 is 10.7 Å². The zero-order valence-electron chi connectivity index (χ0n) is 7.37. The lowest BCUT2D eigenvalue weighted by Crippen LogP contribution is -1.97. The Labute approximate surface area is 81.3 Å². The Morgan fingerprint density at radius 3 is 2.54 bits per heavy atom. The van der Waals surface area contributed by atoms with Gasteiger partial charge in [0.25, 0.3) is 0 Å². The number of hydrogen-bond acceptors (Lipinski definition) is 4. The minimum atomic E-state index is -3.54. The summed E-state index contributed by atoms with van der Waals surface area (Å²) in [5.74, 6) is 0.430. The van der Waals surface area contributed by atoms with Crippen LogP contribution in [0.1, 0.15) is 23.9 Å². The summed E-state index contributed by atoms with van der Waals surface area (Å²) in [6.45, 7) is 3.68. The number of hydrogen-bond donors (Lipinski definition) is 0. The van der Waals surface area contributed by atoms with Crippen LogP contribution in [0.25, 0.3) is 0 Å². The fourth-order valence-electron chi connectivity index (χ4n) is 1.04. The second kappa shape index (κ2) is 3.67. The van der Waals surface area contributed by atoms with Gasteiger partial charge in [0.1, 0.15) is 17.2 Å². The maximum Gasteiger partial charge on any atom is 0.238 e. The molecule has 0 unspecified atom stereocenters. The Hall–Kier alpha value is -0.550. The Kier molecular flexibility index (Phi) is 2.98. The van der Waals surface area contributed by atoms with Crippen LogP contribution in [-0.2, 0) is 21.2 Å². The SMILES string of the molecule is CCc1onc(CS(=O)(=O)Cl)c1C. The summed E-state index contributed by atoms with van der Waals surface area (Å²) >= 11 is 0. The van der Waals surface area contributed by atoms with Crippen molar-refractivity contribution in [2.45, 2.75) is 26.0 Å². The summed E-state index contributed by atoms with van der Waals surface area (Å²) in [6.07, 6.45) is 0.696. The molecule has 0 radical (unpaired) electrons. The smallest absolute Gasteiger partial charge is 0.238 e. The van der Waals surface area contributed by atoms with E-state index in [4.69, 9.17) is 15.2 Å². The molecule has 0 fully saturated rings. The van der Waals surface area contributed by atoms with Crippen molar-refractivity contribution >= 4 is 19.7 Å². The van der Waals surface area contributed by atoms with Crippen LogP contribution in [0.5, 0.6) is 0 Å². The van der Waals surface area contributed by atoms with Gasteiger partial charge in [0.2, 0.25) is 9.05 Å². The monoisotopic (exact) mass is 223 g/mol. The third-order valence-corrected chi connectivity index (χ3v) is 2.69. The maximum atomic E-state index is 10.7. The van der Waals surface area contributed by atoms with E-state index < -0.39 is 9.05 Å². The first kappa shape index (κ1) is 10.5. The molecule has 74 valence electrons. The van der Waals surface area contributed by atoms with E-state index in [0.717, 1.165) is 5.56 Å². The van der Waals surface area contributed by atoms with Crippen LogP contribution in [0.15, 0.2) is 4.52 Å². The van der Waals surface area contributed by atoms with Crippen molar-refractivity contribution in [3.05, 3.63) is 17.0 Å². The Balaban J connectivity index is 2.97. The molecule has 13 heavy (non-hydrogen) atoms. The maximum absolute atomic E-state index is 10.7. The molecule has 0 saturated carbocycles. The topological polar surface area (TPSA) is 60.2 Å². The third kappa shape index (κ3) is 2.70. The molecule has 0 aliphatic carbocycles. The van der Waals surface area contributed by atoms with E-state index in [1.54, 1.807) is 6.92 Å². The molecule has 0 atom stereocenters. The molecule has 0 aromatic carbocycles. The Bertz CT molecular complexity index is 396. The van der Waals surface area contributed by atoms with Crippen LogP contribution in [0, 0.1) is 6.92 Å². The largest absolute Gasteiger partial charge is 0.361 e. The molecule has 1 rings (SSSR count). The Morgan fingerprint density at radius 1 is 1.54 bits per heavy atom. The fraction of sp³-hybridized carbons (Fsp3) is 0.571. The highest BCUT2D eigenvalue weighted by Crippen LogP contribution is 2.17. The summed E-state index contributed by atoms with van der Waals surface area (Å²) in [6, 6.07) is 0. The predicted molar refractivity (Wildman–Crippen MR) is 49.1 cm³/mol. The zero-order valence-corrected chi connectivity index (χ0v) is 8.94. The lowest BCUT2D eigenvalue weighted by Gasteiger charge is -1.92. The summed E-state index contributed by atoms with van der Waals surface area (Å²) in [7, 11) is 1.54. The van der Waals surface area contributed by atoms with Crippen molar-refractivity contribution in [2.24, 2.45) is 0 Å². The van der Waals surface area contributed by atoms with E-state index in [0.29, 0.717) is 17.9 Å². The van der Waals surface area contributed by atoms with E-state index in [1.165, 1.54) is 0 Å². The molecule has 1 heterocycles. The first-order valence-corrected chi connectivity index (χ1v) is 6.28. The van der Waals surface area contributed by atoms with Gasteiger partial charge in [-0.05, 0) is 6.92 Å². The molecule has 0 spiro atoms. The summed E-state index contributed by atoms with van der Waals surface area (Å²) in [4.78, 5) is 0. The van der Waals surface area contributed by atoms with Gasteiger partial charge in [-0.1, -0.05) is 12.1 Å². The first-order valence-electron chi connectivity index (χ1n) is 3.80. The van der Waals surface area contributed by atoms with Crippen LogP contribution in [0.2, 0.25) is 0 Å². The highest BCUT2D eigenvalue weighted by atomic mass is 35.7. The number of aromatic nitrogens is 1. The van der Waals surface area contributed by atoms with E-state index in [-0.39, 0.29) is 5.75 Å². The number of nitrogens with zero attached hydrogens (tertiary/aromatic N) is 1. The summed E-state index contributed by atoms with van der Waals surface area (Å²) in [5.41, 5.74) is 1.17. The van der Waals surface area contributed by atoms with Gasteiger partial charge in [-0.25, -0.2) is 8.42 Å². The fourth-order valence-corrected chi connectivity index (χ4v) is 1.94. The van der Waals surface area contributed by atoms with Crippen molar-refractivity contribution in [1.29, 1.82) is 0 Å². The van der Waals surface area contributed by atoms with Crippen molar-refractivity contribution in [1.82, 2.24) is 5.16 Å². The van der Waals surface area contributed by atoms with E-state index in [1.807, 2.05) is 6.92 Å². The summed E-state index contributed by atoms with van der Waals surface area (Å²) < 4.78 is 26.4. The number of halogens is 1. The average Bonchev–Trinajstić information content (AvgIpc) is 2.30. The van der Waals surface area contributed by atoms with Gasteiger partial charge < -0.3 is 4.52 Å².